The Morgan fingerprint density at radius 2 is 2.20 bits per heavy atom. The number of rotatable bonds is 7. The third-order valence-electron chi connectivity index (χ3n) is 4.52. The van der Waals surface area contributed by atoms with Crippen LogP contribution in [-0.4, -0.2) is 69.9 Å². The molecule has 0 radical (unpaired) electrons. The van der Waals surface area contributed by atoms with E-state index in [9.17, 15) is 4.79 Å². The van der Waals surface area contributed by atoms with Crippen molar-refractivity contribution in [2.45, 2.75) is 19.8 Å². The van der Waals surface area contributed by atoms with Crippen molar-refractivity contribution in [3.8, 4) is 5.75 Å². The summed E-state index contributed by atoms with van der Waals surface area (Å²) >= 11 is 0. The van der Waals surface area contributed by atoms with Gasteiger partial charge in [0.15, 0.2) is 0 Å². The second-order valence-corrected chi connectivity index (χ2v) is 6.92. The van der Waals surface area contributed by atoms with Crippen LogP contribution in [0.5, 0.6) is 5.75 Å². The molecule has 25 heavy (non-hydrogen) atoms. The van der Waals surface area contributed by atoms with Crippen molar-refractivity contribution in [1.82, 2.24) is 9.80 Å². The molecule has 0 unspecified atom stereocenters. The van der Waals surface area contributed by atoms with Gasteiger partial charge in [0.1, 0.15) is 12.4 Å². The number of piperidine rings is 1. The molecular weight excluding hydrogens is 318 g/mol. The number of carbonyl (C=O) groups excluding carboxylic acids is 1. The van der Waals surface area contributed by atoms with Gasteiger partial charge < -0.3 is 24.6 Å². The molecule has 6 nitrogen and oxygen atoms in total. The number of aryl methyl sites for hydroxylation is 1. The van der Waals surface area contributed by atoms with Gasteiger partial charge in [-0.15, -0.1) is 0 Å². The van der Waals surface area contributed by atoms with E-state index in [0.717, 1.165) is 25.2 Å². The number of anilines is 1. The van der Waals surface area contributed by atoms with E-state index in [-0.39, 0.29) is 6.03 Å². The fourth-order valence-electron chi connectivity index (χ4n) is 3.19. The van der Waals surface area contributed by atoms with Crippen LogP contribution in [0.15, 0.2) is 18.2 Å². The zero-order chi connectivity index (χ0) is 18.2. The minimum Gasteiger partial charge on any atom is -0.489 e. The summed E-state index contributed by atoms with van der Waals surface area (Å²) in [7, 11) is 5.63. The lowest BCUT2D eigenvalue weighted by atomic mass is 9.98. The Morgan fingerprint density at radius 1 is 1.40 bits per heavy atom. The number of methoxy groups -OCH3 is 1. The molecule has 0 spiro atoms. The lowest BCUT2D eigenvalue weighted by Crippen LogP contribution is -2.41. The molecule has 1 aliphatic rings. The Hall–Kier alpha value is -1.79. The highest BCUT2D eigenvalue weighted by atomic mass is 16.5. The first kappa shape index (κ1) is 19.5. The van der Waals surface area contributed by atoms with Gasteiger partial charge in [0, 0.05) is 27.2 Å². The molecule has 6 heteroatoms. The Bertz CT molecular complexity index is 565. The molecule has 1 fully saturated rings. The average molecular weight is 349 g/mol. The fourth-order valence-corrected chi connectivity index (χ4v) is 3.19. The SMILES string of the molecule is COCCOc1cc(C)ccc1NC(=O)N(C)C[C@@H]1CCCN(C)C1. The van der Waals surface area contributed by atoms with E-state index in [4.69, 9.17) is 9.47 Å². The topological polar surface area (TPSA) is 54.0 Å². The lowest BCUT2D eigenvalue weighted by molar-refractivity contribution is 0.146. The van der Waals surface area contributed by atoms with Gasteiger partial charge in [-0.25, -0.2) is 4.79 Å². The standard InChI is InChI=1S/C19H31N3O3/c1-15-7-8-17(18(12-15)25-11-10-24-4)20-19(23)22(3)14-16-6-5-9-21(2)13-16/h7-8,12,16H,5-6,9-11,13-14H2,1-4H3,(H,20,23)/t16-/m1/s1. The maximum absolute atomic E-state index is 12.6. The fraction of sp³-hybridized carbons (Fsp3) is 0.632. The molecule has 2 amide bonds. The number of amides is 2. The molecule has 0 aromatic heterocycles. The van der Waals surface area contributed by atoms with Gasteiger partial charge >= 0.3 is 6.03 Å². The number of benzene rings is 1. The third kappa shape index (κ3) is 6.21. The van der Waals surface area contributed by atoms with Crippen molar-refractivity contribution in [3.63, 3.8) is 0 Å². The summed E-state index contributed by atoms with van der Waals surface area (Å²) in [6, 6.07) is 5.68. The van der Waals surface area contributed by atoms with Crippen LogP contribution < -0.4 is 10.1 Å². The largest absolute Gasteiger partial charge is 0.489 e. The van der Waals surface area contributed by atoms with E-state index < -0.39 is 0 Å². The first-order chi connectivity index (χ1) is 12.0. The molecule has 1 aromatic rings. The van der Waals surface area contributed by atoms with E-state index in [0.29, 0.717) is 30.6 Å². The monoisotopic (exact) mass is 349 g/mol. The number of ether oxygens (including phenoxy) is 2. The normalized spacial score (nSPS) is 18.0. The van der Waals surface area contributed by atoms with E-state index in [1.807, 2.05) is 32.2 Å². The molecule has 2 rings (SSSR count). The summed E-state index contributed by atoms with van der Waals surface area (Å²) in [5, 5.41) is 2.97. The van der Waals surface area contributed by atoms with Crippen molar-refractivity contribution in [3.05, 3.63) is 23.8 Å². The van der Waals surface area contributed by atoms with E-state index in [1.54, 1.807) is 12.0 Å². The molecule has 1 aliphatic heterocycles. The molecule has 0 aliphatic carbocycles. The Labute approximate surface area is 151 Å². The molecule has 1 aromatic carbocycles. The first-order valence-electron chi connectivity index (χ1n) is 8.92. The van der Waals surface area contributed by atoms with Gasteiger partial charge in [-0.05, 0) is 57.0 Å². The number of likely N-dealkylation sites (tertiary alicyclic amines) is 1. The molecular formula is C19H31N3O3. The quantitative estimate of drug-likeness (QED) is 0.769. The zero-order valence-electron chi connectivity index (χ0n) is 15.9. The minimum atomic E-state index is -0.103. The zero-order valence-corrected chi connectivity index (χ0v) is 15.9. The highest BCUT2D eigenvalue weighted by molar-refractivity contribution is 5.90. The van der Waals surface area contributed by atoms with Crippen molar-refractivity contribution >= 4 is 11.7 Å². The van der Waals surface area contributed by atoms with Crippen LogP contribution in [0.4, 0.5) is 10.5 Å². The van der Waals surface area contributed by atoms with E-state index in [2.05, 4.69) is 17.3 Å². The van der Waals surface area contributed by atoms with Crippen LogP contribution in [0.2, 0.25) is 0 Å². The lowest BCUT2D eigenvalue weighted by Gasteiger charge is -2.32. The maximum atomic E-state index is 12.6. The highest BCUT2D eigenvalue weighted by Crippen LogP contribution is 2.26. The Balaban J connectivity index is 1.94. The summed E-state index contributed by atoms with van der Waals surface area (Å²) < 4.78 is 10.8. The van der Waals surface area contributed by atoms with Crippen LogP contribution in [0.3, 0.4) is 0 Å². The molecule has 0 bridgehead atoms. The number of hydrogen-bond donors (Lipinski definition) is 1. The van der Waals surface area contributed by atoms with Gasteiger partial charge in [-0.3, -0.25) is 0 Å². The molecule has 140 valence electrons. The van der Waals surface area contributed by atoms with Crippen molar-refractivity contribution in [1.29, 1.82) is 0 Å². The van der Waals surface area contributed by atoms with Crippen LogP contribution >= 0.6 is 0 Å². The smallest absolute Gasteiger partial charge is 0.321 e. The third-order valence-corrected chi connectivity index (χ3v) is 4.52. The molecule has 1 heterocycles. The van der Waals surface area contributed by atoms with Crippen LogP contribution in [-0.2, 0) is 4.74 Å². The van der Waals surface area contributed by atoms with E-state index in [1.165, 1.54) is 12.8 Å². The van der Waals surface area contributed by atoms with Gasteiger partial charge in [-0.1, -0.05) is 6.07 Å². The second-order valence-electron chi connectivity index (χ2n) is 6.92. The first-order valence-corrected chi connectivity index (χ1v) is 8.92. The molecule has 1 N–H and O–H groups in total. The van der Waals surface area contributed by atoms with Gasteiger partial charge in [0.05, 0.1) is 12.3 Å². The Morgan fingerprint density at radius 3 is 2.92 bits per heavy atom. The predicted molar refractivity (Wildman–Crippen MR) is 100 cm³/mol. The van der Waals surface area contributed by atoms with E-state index >= 15 is 0 Å². The summed E-state index contributed by atoms with van der Waals surface area (Å²) in [5.74, 6) is 1.21. The number of hydrogen-bond acceptors (Lipinski definition) is 4. The van der Waals surface area contributed by atoms with Crippen molar-refractivity contribution < 1.29 is 14.3 Å². The number of nitrogens with zero attached hydrogens (tertiary/aromatic N) is 2. The van der Waals surface area contributed by atoms with Gasteiger partial charge in [0.25, 0.3) is 0 Å². The van der Waals surface area contributed by atoms with Crippen molar-refractivity contribution in [2.75, 3.05) is 59.4 Å². The van der Waals surface area contributed by atoms with Crippen LogP contribution in [0, 0.1) is 12.8 Å². The van der Waals surface area contributed by atoms with Crippen LogP contribution in [0.1, 0.15) is 18.4 Å². The summed E-state index contributed by atoms with van der Waals surface area (Å²) in [6.45, 7) is 5.93. The number of nitrogens with one attached hydrogen (secondary N) is 1. The highest BCUT2D eigenvalue weighted by Gasteiger charge is 2.21. The summed E-state index contributed by atoms with van der Waals surface area (Å²) in [4.78, 5) is 16.7. The van der Waals surface area contributed by atoms with Crippen LogP contribution in [0.25, 0.3) is 0 Å². The molecule has 1 atom stereocenters. The minimum absolute atomic E-state index is 0.103. The molecule has 0 saturated carbocycles. The second kappa shape index (κ2) is 9.63. The number of carbonyl (C=O) groups is 1. The van der Waals surface area contributed by atoms with Crippen molar-refractivity contribution in [2.24, 2.45) is 5.92 Å². The summed E-state index contributed by atoms with van der Waals surface area (Å²) in [6.07, 6.45) is 2.38. The Kier molecular flexibility index (Phi) is 7.52. The average Bonchev–Trinajstić information content (AvgIpc) is 2.57. The summed E-state index contributed by atoms with van der Waals surface area (Å²) in [5.41, 5.74) is 1.78. The predicted octanol–water partition coefficient (Wildman–Crippen LogP) is 2.83. The van der Waals surface area contributed by atoms with Gasteiger partial charge in [0.2, 0.25) is 0 Å². The number of urea groups is 1. The molecule has 1 saturated heterocycles. The maximum Gasteiger partial charge on any atom is 0.321 e. The van der Waals surface area contributed by atoms with Gasteiger partial charge in [-0.2, -0.15) is 0 Å².